The smallest absolute Gasteiger partial charge is 0.216 e. The van der Waals surface area contributed by atoms with E-state index in [0.29, 0.717) is 17.1 Å². The van der Waals surface area contributed by atoms with Crippen molar-refractivity contribution in [1.82, 2.24) is 0 Å². The maximum absolute atomic E-state index is 14.1. The van der Waals surface area contributed by atoms with Crippen LogP contribution in [0.15, 0.2) is 40.9 Å². The molecular formula is C24H25FNO+. The molecule has 2 aromatic carbocycles. The van der Waals surface area contributed by atoms with Gasteiger partial charge < -0.3 is 4.42 Å². The van der Waals surface area contributed by atoms with Gasteiger partial charge in [0.2, 0.25) is 5.69 Å². The lowest BCUT2D eigenvalue weighted by Gasteiger charge is -2.12. The number of aromatic nitrogens is 1. The Bertz CT molecular complexity index is 1200. The number of furan rings is 1. The number of benzene rings is 2. The van der Waals surface area contributed by atoms with E-state index in [2.05, 4.69) is 63.7 Å². The molecule has 27 heavy (non-hydrogen) atoms. The summed E-state index contributed by atoms with van der Waals surface area (Å²) < 4.78 is 22.4. The van der Waals surface area contributed by atoms with Gasteiger partial charge in [-0.2, -0.15) is 0 Å². The predicted molar refractivity (Wildman–Crippen MR) is 109 cm³/mol. The molecule has 0 aliphatic carbocycles. The Hall–Kier alpha value is -2.68. The van der Waals surface area contributed by atoms with Crippen LogP contribution in [0.1, 0.15) is 42.0 Å². The van der Waals surface area contributed by atoms with Crippen molar-refractivity contribution < 1.29 is 13.4 Å². The van der Waals surface area contributed by atoms with Crippen LogP contribution >= 0.6 is 0 Å². The van der Waals surface area contributed by atoms with Gasteiger partial charge in [0.05, 0.1) is 5.56 Å². The van der Waals surface area contributed by atoms with Crippen LogP contribution in [0.2, 0.25) is 0 Å². The lowest BCUT2D eigenvalue weighted by molar-refractivity contribution is -0.660. The zero-order chi connectivity index (χ0) is 19.5. The molecule has 0 aliphatic heterocycles. The highest BCUT2D eigenvalue weighted by Gasteiger charge is 2.23. The van der Waals surface area contributed by atoms with Gasteiger partial charge in [0.1, 0.15) is 24.0 Å². The summed E-state index contributed by atoms with van der Waals surface area (Å²) in [5.41, 5.74) is 8.00. The molecule has 0 saturated carbocycles. The number of fused-ring (bicyclic) bond motifs is 3. The van der Waals surface area contributed by atoms with Crippen LogP contribution in [0, 0.1) is 26.6 Å². The summed E-state index contributed by atoms with van der Waals surface area (Å²) >= 11 is 0. The number of nitrogens with zero attached hydrogens (tertiary/aromatic N) is 1. The molecule has 3 heteroatoms. The molecule has 4 aromatic rings. The monoisotopic (exact) mass is 362 g/mol. The number of aryl methyl sites for hydroxylation is 4. The molecule has 0 N–H and O–H groups in total. The third-order valence-electron chi connectivity index (χ3n) is 5.52. The summed E-state index contributed by atoms with van der Waals surface area (Å²) in [6, 6.07) is 9.85. The highest BCUT2D eigenvalue weighted by molar-refractivity contribution is 6.09. The van der Waals surface area contributed by atoms with Crippen molar-refractivity contribution in [3.63, 3.8) is 0 Å². The van der Waals surface area contributed by atoms with Crippen molar-refractivity contribution in [2.24, 2.45) is 7.05 Å². The molecule has 0 unspecified atom stereocenters. The molecule has 0 radical (unpaired) electrons. The zero-order valence-corrected chi connectivity index (χ0v) is 16.8. The van der Waals surface area contributed by atoms with E-state index in [-0.39, 0.29) is 5.82 Å². The zero-order valence-electron chi connectivity index (χ0n) is 16.8. The topological polar surface area (TPSA) is 17.0 Å². The molecule has 2 heterocycles. The van der Waals surface area contributed by atoms with Gasteiger partial charge in [-0.25, -0.2) is 8.96 Å². The largest absolute Gasteiger partial charge is 0.455 e. The third kappa shape index (κ3) is 2.73. The Kier molecular flexibility index (Phi) is 4.06. The van der Waals surface area contributed by atoms with Crippen molar-refractivity contribution in [2.45, 2.75) is 40.5 Å². The Morgan fingerprint density at radius 1 is 0.926 bits per heavy atom. The van der Waals surface area contributed by atoms with Crippen molar-refractivity contribution in [3.05, 3.63) is 64.6 Å². The van der Waals surface area contributed by atoms with Gasteiger partial charge in [0.25, 0.3) is 0 Å². The average molecular weight is 362 g/mol. The van der Waals surface area contributed by atoms with Gasteiger partial charge in [-0.05, 0) is 49.4 Å². The summed E-state index contributed by atoms with van der Waals surface area (Å²) in [6.45, 7) is 10.5. The number of hydrogen-bond donors (Lipinski definition) is 0. The van der Waals surface area contributed by atoms with Crippen molar-refractivity contribution in [1.29, 1.82) is 0 Å². The quantitative estimate of drug-likeness (QED) is 0.384. The van der Waals surface area contributed by atoms with Crippen LogP contribution in [0.5, 0.6) is 0 Å². The third-order valence-corrected chi connectivity index (χ3v) is 5.52. The fraction of sp³-hybridized carbons (Fsp3) is 0.292. The molecule has 2 nitrogen and oxygen atoms in total. The minimum absolute atomic E-state index is 0.234. The lowest BCUT2D eigenvalue weighted by atomic mass is 9.94. The van der Waals surface area contributed by atoms with Gasteiger partial charge in [-0.1, -0.05) is 26.0 Å². The van der Waals surface area contributed by atoms with Crippen LogP contribution in [0.25, 0.3) is 33.2 Å². The first kappa shape index (κ1) is 17.7. The molecule has 0 amide bonds. The van der Waals surface area contributed by atoms with Gasteiger partial charge in [0, 0.05) is 28.5 Å². The number of hydrogen-bond acceptors (Lipinski definition) is 1. The first-order chi connectivity index (χ1) is 12.8. The molecule has 2 aromatic heterocycles. The van der Waals surface area contributed by atoms with Crippen LogP contribution in [0.4, 0.5) is 4.39 Å². The van der Waals surface area contributed by atoms with E-state index in [4.69, 9.17) is 4.42 Å². The second kappa shape index (κ2) is 6.19. The maximum Gasteiger partial charge on any atom is 0.216 e. The number of rotatable bonds is 2. The first-order valence-corrected chi connectivity index (χ1v) is 9.40. The average Bonchev–Trinajstić information content (AvgIpc) is 2.93. The van der Waals surface area contributed by atoms with Crippen LogP contribution in [-0.2, 0) is 7.05 Å². The molecular weight excluding hydrogens is 337 g/mol. The van der Waals surface area contributed by atoms with E-state index in [1.54, 1.807) is 6.92 Å². The number of halogens is 1. The molecule has 0 atom stereocenters. The molecule has 138 valence electrons. The lowest BCUT2D eigenvalue weighted by Crippen LogP contribution is -2.32. The molecule has 0 spiro atoms. The van der Waals surface area contributed by atoms with Gasteiger partial charge >= 0.3 is 0 Å². The fourth-order valence-corrected chi connectivity index (χ4v) is 4.05. The molecule has 0 fully saturated rings. The maximum atomic E-state index is 14.1. The van der Waals surface area contributed by atoms with Crippen LogP contribution in [0.3, 0.4) is 0 Å². The molecule has 4 rings (SSSR count). The standard InChI is InChI=1S/C24H25FNO/c1-13(2)18-10-21(26(6)12-16(18)5)23-14(3)7-8-17-19-9-15(4)20(25)11-22(19)27-24(17)23/h7-13H,1-6H3/q+1. The van der Waals surface area contributed by atoms with Crippen molar-refractivity contribution in [3.8, 4) is 11.3 Å². The molecule has 0 aliphatic rings. The van der Waals surface area contributed by atoms with Crippen molar-refractivity contribution in [2.75, 3.05) is 0 Å². The second-order valence-electron chi connectivity index (χ2n) is 7.90. The summed E-state index contributed by atoms with van der Waals surface area (Å²) in [6.07, 6.45) is 2.18. The van der Waals surface area contributed by atoms with Crippen LogP contribution < -0.4 is 4.57 Å². The summed E-state index contributed by atoms with van der Waals surface area (Å²) in [4.78, 5) is 0. The molecule has 0 bridgehead atoms. The molecule has 0 saturated heterocycles. The van der Waals surface area contributed by atoms with E-state index in [9.17, 15) is 4.39 Å². The number of pyridine rings is 1. The Balaban J connectivity index is 2.11. The Morgan fingerprint density at radius 3 is 2.37 bits per heavy atom. The summed E-state index contributed by atoms with van der Waals surface area (Å²) in [5, 5.41) is 1.99. The highest BCUT2D eigenvalue weighted by atomic mass is 19.1. The Labute approximate surface area is 159 Å². The summed E-state index contributed by atoms with van der Waals surface area (Å²) in [7, 11) is 2.07. The SMILES string of the molecule is Cc1cc2c(cc1F)oc1c(-c3cc(C(C)C)c(C)c[n+]3C)c(C)ccc12. The van der Waals surface area contributed by atoms with E-state index in [1.807, 2.05) is 6.07 Å². The summed E-state index contributed by atoms with van der Waals surface area (Å²) in [5.74, 6) is 0.208. The second-order valence-corrected chi connectivity index (χ2v) is 7.90. The van der Waals surface area contributed by atoms with Crippen LogP contribution in [-0.4, -0.2) is 0 Å². The normalized spacial score (nSPS) is 11.9. The minimum atomic E-state index is -0.234. The van der Waals surface area contributed by atoms with E-state index in [1.165, 1.54) is 17.2 Å². The van der Waals surface area contributed by atoms with E-state index < -0.39 is 0 Å². The van der Waals surface area contributed by atoms with Gasteiger partial charge in [0.15, 0.2) is 6.20 Å². The predicted octanol–water partition coefficient (Wildman–Crippen LogP) is 6.27. The minimum Gasteiger partial charge on any atom is -0.455 e. The highest BCUT2D eigenvalue weighted by Crippen LogP contribution is 2.38. The van der Waals surface area contributed by atoms with E-state index >= 15 is 0 Å². The Morgan fingerprint density at radius 2 is 1.67 bits per heavy atom. The van der Waals surface area contributed by atoms with E-state index in [0.717, 1.165) is 33.2 Å². The van der Waals surface area contributed by atoms with Crippen molar-refractivity contribution >= 4 is 21.9 Å². The van der Waals surface area contributed by atoms with Gasteiger partial charge in [-0.3, -0.25) is 0 Å². The van der Waals surface area contributed by atoms with Gasteiger partial charge in [-0.15, -0.1) is 0 Å². The first-order valence-electron chi connectivity index (χ1n) is 9.40. The fourth-order valence-electron chi connectivity index (χ4n) is 4.05.